The second kappa shape index (κ2) is 12.6. The molecule has 10 aromatic rings. The van der Waals surface area contributed by atoms with Gasteiger partial charge in [0.15, 0.2) is 0 Å². The summed E-state index contributed by atoms with van der Waals surface area (Å²) < 4.78 is 0. The molecule has 0 unspecified atom stereocenters. The van der Waals surface area contributed by atoms with E-state index in [1.807, 2.05) is 0 Å². The molecule has 0 heterocycles. The maximum atomic E-state index is 2.45. The summed E-state index contributed by atoms with van der Waals surface area (Å²) in [6, 6.07) is 79.3. The summed E-state index contributed by atoms with van der Waals surface area (Å²) in [7, 11) is 0. The largest absolute Gasteiger partial charge is 0.310 e. The van der Waals surface area contributed by atoms with Gasteiger partial charge in [0.2, 0.25) is 0 Å². The number of benzene rings is 10. The van der Waals surface area contributed by atoms with Crippen LogP contribution in [0.5, 0.6) is 0 Å². The van der Waals surface area contributed by atoms with Gasteiger partial charge in [-0.1, -0.05) is 190 Å². The molecule has 59 heavy (non-hydrogen) atoms. The highest BCUT2D eigenvalue weighted by atomic mass is 15.1. The molecule has 0 fully saturated rings. The topological polar surface area (TPSA) is 3.24 Å². The highest BCUT2D eigenvalue weighted by Crippen LogP contribution is 2.56. The van der Waals surface area contributed by atoms with Crippen LogP contribution >= 0.6 is 0 Å². The van der Waals surface area contributed by atoms with Crippen LogP contribution in [0.2, 0.25) is 0 Å². The zero-order valence-corrected chi connectivity index (χ0v) is 33.2. The Balaban J connectivity index is 1.01. The van der Waals surface area contributed by atoms with Crippen LogP contribution in [0.25, 0.3) is 54.6 Å². The number of rotatable bonds is 6. The Morgan fingerprint density at radius 2 is 0.932 bits per heavy atom. The van der Waals surface area contributed by atoms with Crippen molar-refractivity contribution in [3.63, 3.8) is 0 Å². The lowest BCUT2D eigenvalue weighted by molar-refractivity contribution is 0.660. The summed E-state index contributed by atoms with van der Waals surface area (Å²) in [4.78, 5) is 2.45. The van der Waals surface area contributed by atoms with E-state index >= 15 is 0 Å². The van der Waals surface area contributed by atoms with Gasteiger partial charge in [0, 0.05) is 22.2 Å². The van der Waals surface area contributed by atoms with Crippen molar-refractivity contribution < 1.29 is 0 Å². The molecule has 2 aliphatic rings. The average Bonchev–Trinajstić information content (AvgIpc) is 3.73. The minimum Gasteiger partial charge on any atom is -0.310 e. The second-order valence-corrected chi connectivity index (χ2v) is 16.9. The fraction of sp³-hybridized carbons (Fsp3) is 0.0690. The Labute approximate surface area is 345 Å². The van der Waals surface area contributed by atoms with Gasteiger partial charge in [-0.15, -0.1) is 0 Å². The first kappa shape index (κ1) is 33.9. The normalized spacial score (nSPS) is 14.2. The van der Waals surface area contributed by atoms with Gasteiger partial charge in [0.25, 0.3) is 0 Å². The molecule has 0 spiro atoms. The predicted octanol–water partition coefficient (Wildman–Crippen LogP) is 15.3. The van der Waals surface area contributed by atoms with Crippen molar-refractivity contribution in [2.45, 2.75) is 24.7 Å². The van der Waals surface area contributed by atoms with E-state index in [1.165, 1.54) is 93.6 Å². The SMILES string of the molecule is CC1(C)c2ccccc2-c2ccc(N(c3ccc(-c4cccc(C5(c6ccccc6)c6cccc7ccc8cccc5c8c67)c4)cc3)c3cccc4ccccc34)cc21. The minimum absolute atomic E-state index is 0.101. The zero-order valence-electron chi connectivity index (χ0n) is 33.2. The molecule has 2 aliphatic carbocycles. The molecule has 12 rings (SSSR count). The van der Waals surface area contributed by atoms with Crippen LogP contribution in [0.3, 0.4) is 0 Å². The first-order valence-electron chi connectivity index (χ1n) is 20.8. The second-order valence-electron chi connectivity index (χ2n) is 16.9. The summed E-state index contributed by atoms with van der Waals surface area (Å²) in [5.41, 5.74) is 16.0. The van der Waals surface area contributed by atoms with Crippen molar-refractivity contribution in [2.24, 2.45) is 0 Å². The fourth-order valence-electron chi connectivity index (χ4n) is 10.8. The van der Waals surface area contributed by atoms with E-state index in [2.05, 4.69) is 231 Å². The van der Waals surface area contributed by atoms with Gasteiger partial charge in [-0.25, -0.2) is 0 Å². The Bertz CT molecular complexity index is 3230. The first-order chi connectivity index (χ1) is 29.0. The Morgan fingerprint density at radius 3 is 1.71 bits per heavy atom. The summed E-state index contributed by atoms with van der Waals surface area (Å²) in [6.07, 6.45) is 0. The lowest BCUT2D eigenvalue weighted by Crippen LogP contribution is -2.28. The van der Waals surface area contributed by atoms with Gasteiger partial charge in [0.1, 0.15) is 0 Å². The van der Waals surface area contributed by atoms with E-state index in [-0.39, 0.29) is 5.41 Å². The molecule has 0 radical (unpaired) electrons. The highest BCUT2D eigenvalue weighted by molar-refractivity contribution is 6.16. The van der Waals surface area contributed by atoms with Crippen molar-refractivity contribution in [3.05, 3.63) is 246 Å². The van der Waals surface area contributed by atoms with Crippen LogP contribution in [0, 0.1) is 0 Å². The highest BCUT2D eigenvalue weighted by Gasteiger charge is 2.45. The van der Waals surface area contributed by atoms with Crippen molar-refractivity contribution in [1.82, 2.24) is 0 Å². The van der Waals surface area contributed by atoms with Gasteiger partial charge < -0.3 is 4.90 Å². The van der Waals surface area contributed by atoms with Crippen LogP contribution in [-0.2, 0) is 10.8 Å². The molecule has 0 amide bonds. The Hall–Kier alpha value is -7.22. The van der Waals surface area contributed by atoms with Gasteiger partial charge in [-0.3, -0.25) is 0 Å². The molecule has 1 nitrogen and oxygen atoms in total. The lowest BCUT2D eigenvalue weighted by Gasteiger charge is -2.34. The molecule has 0 saturated carbocycles. The Kier molecular flexibility index (Phi) is 7.26. The van der Waals surface area contributed by atoms with Crippen LogP contribution < -0.4 is 4.90 Å². The van der Waals surface area contributed by atoms with Crippen LogP contribution in [0.15, 0.2) is 212 Å². The van der Waals surface area contributed by atoms with E-state index in [1.54, 1.807) is 0 Å². The van der Waals surface area contributed by atoms with E-state index in [9.17, 15) is 0 Å². The molecule has 0 atom stereocenters. The third-order valence-corrected chi connectivity index (χ3v) is 13.5. The van der Waals surface area contributed by atoms with Crippen LogP contribution in [-0.4, -0.2) is 0 Å². The lowest BCUT2D eigenvalue weighted by atomic mass is 9.67. The molecule has 278 valence electrons. The monoisotopic (exact) mass is 751 g/mol. The number of hydrogen-bond acceptors (Lipinski definition) is 1. The molecule has 0 bridgehead atoms. The van der Waals surface area contributed by atoms with Gasteiger partial charge >= 0.3 is 0 Å². The third-order valence-electron chi connectivity index (χ3n) is 13.5. The smallest absolute Gasteiger partial charge is 0.0714 e. The third kappa shape index (κ3) is 4.79. The van der Waals surface area contributed by atoms with Crippen molar-refractivity contribution >= 4 is 49.4 Å². The van der Waals surface area contributed by atoms with Gasteiger partial charge in [0.05, 0.1) is 11.1 Å². The number of hydrogen-bond donors (Lipinski definition) is 0. The standard InChI is InChI=1S/C58H41N/c1-57(2)50-24-9-8-23-48(50)49-35-34-46(37-53(49)57)59(54-27-13-15-39-14-6-7-22-47(39)54)45-32-30-38(31-33-45)42-18-10-21-44(36-42)58(43-19-4-3-5-20-43)51-25-11-16-40-28-29-41-17-12-26-52(58)56(41)55(40)51/h3-37H,1-2H3. The van der Waals surface area contributed by atoms with E-state index in [0.29, 0.717) is 0 Å². The van der Waals surface area contributed by atoms with Crippen LogP contribution in [0.4, 0.5) is 17.1 Å². The van der Waals surface area contributed by atoms with Crippen molar-refractivity contribution in [1.29, 1.82) is 0 Å². The molecular weight excluding hydrogens is 711 g/mol. The summed E-state index contributed by atoms with van der Waals surface area (Å²) in [5.74, 6) is 0. The number of anilines is 3. The summed E-state index contributed by atoms with van der Waals surface area (Å²) >= 11 is 0. The fourth-order valence-corrected chi connectivity index (χ4v) is 10.8. The zero-order chi connectivity index (χ0) is 39.3. The molecule has 0 aromatic heterocycles. The van der Waals surface area contributed by atoms with Crippen molar-refractivity contribution in [3.8, 4) is 22.3 Å². The molecule has 0 saturated heterocycles. The Morgan fingerprint density at radius 1 is 0.356 bits per heavy atom. The summed E-state index contributed by atoms with van der Waals surface area (Å²) in [5, 5.41) is 7.77. The molecule has 10 aromatic carbocycles. The van der Waals surface area contributed by atoms with Gasteiger partial charge in [-0.2, -0.15) is 0 Å². The molecule has 1 heteroatoms. The quantitative estimate of drug-likeness (QED) is 0.153. The van der Waals surface area contributed by atoms with Crippen molar-refractivity contribution in [2.75, 3.05) is 4.90 Å². The van der Waals surface area contributed by atoms with Crippen LogP contribution in [0.1, 0.15) is 47.2 Å². The van der Waals surface area contributed by atoms with E-state index in [4.69, 9.17) is 0 Å². The molecular formula is C58H41N. The van der Waals surface area contributed by atoms with E-state index in [0.717, 1.165) is 11.4 Å². The van der Waals surface area contributed by atoms with E-state index < -0.39 is 5.41 Å². The number of fused-ring (bicyclic) bond motifs is 4. The number of nitrogens with zero attached hydrogens (tertiary/aromatic N) is 1. The predicted molar refractivity (Wildman–Crippen MR) is 249 cm³/mol. The maximum absolute atomic E-state index is 2.45. The maximum Gasteiger partial charge on any atom is 0.0714 e. The summed E-state index contributed by atoms with van der Waals surface area (Å²) in [6.45, 7) is 4.72. The molecule has 0 aliphatic heterocycles. The first-order valence-corrected chi connectivity index (χ1v) is 20.8. The average molecular weight is 752 g/mol. The minimum atomic E-state index is -0.452. The van der Waals surface area contributed by atoms with Gasteiger partial charge in [-0.05, 0) is 119 Å². The molecule has 0 N–H and O–H groups in total.